The van der Waals surface area contributed by atoms with Gasteiger partial charge in [0.25, 0.3) is 5.91 Å². The Labute approximate surface area is 119 Å². The molecule has 0 spiro atoms. The van der Waals surface area contributed by atoms with Crippen LogP contribution in [0.1, 0.15) is 42.5 Å². The van der Waals surface area contributed by atoms with Crippen LogP contribution in [0.4, 0.5) is 5.69 Å². The van der Waals surface area contributed by atoms with Crippen molar-refractivity contribution in [2.75, 3.05) is 12.8 Å². The zero-order valence-electron chi connectivity index (χ0n) is 11.9. The number of nitrogens with zero attached hydrogens (tertiary/aromatic N) is 2. The lowest BCUT2D eigenvalue weighted by Gasteiger charge is -2.47. The van der Waals surface area contributed by atoms with Crippen LogP contribution >= 0.6 is 0 Å². The van der Waals surface area contributed by atoms with Crippen LogP contribution in [0.2, 0.25) is 0 Å². The number of nitrogen functional groups attached to an aromatic ring is 1. The smallest absolute Gasteiger partial charge is 0.255 e. The normalized spacial score (nSPS) is 29.9. The van der Waals surface area contributed by atoms with Gasteiger partial charge in [0.15, 0.2) is 0 Å². The van der Waals surface area contributed by atoms with E-state index >= 15 is 0 Å². The second-order valence-electron chi connectivity index (χ2n) is 6.01. The Balaban J connectivity index is 1.67. The number of piperidine rings is 2. The lowest BCUT2D eigenvalue weighted by atomic mass is 9.82. The van der Waals surface area contributed by atoms with Gasteiger partial charge >= 0.3 is 0 Å². The summed E-state index contributed by atoms with van der Waals surface area (Å²) in [5, 5.41) is 3.14. The van der Waals surface area contributed by atoms with Crippen LogP contribution in [0, 0.1) is 0 Å². The van der Waals surface area contributed by atoms with Crippen LogP contribution in [-0.4, -0.2) is 41.0 Å². The second-order valence-corrected chi connectivity index (χ2v) is 6.01. The van der Waals surface area contributed by atoms with E-state index in [9.17, 15) is 4.79 Å². The number of carbonyl (C=O) groups excluding carboxylic acids is 1. The summed E-state index contributed by atoms with van der Waals surface area (Å²) in [6.45, 7) is 0. The van der Waals surface area contributed by atoms with E-state index in [-0.39, 0.29) is 11.9 Å². The second kappa shape index (κ2) is 5.40. The Morgan fingerprint density at radius 3 is 2.75 bits per heavy atom. The summed E-state index contributed by atoms with van der Waals surface area (Å²) in [7, 11) is 2.21. The molecule has 2 atom stereocenters. The molecule has 1 amide bonds. The van der Waals surface area contributed by atoms with Gasteiger partial charge in [-0.15, -0.1) is 0 Å². The van der Waals surface area contributed by atoms with Crippen molar-refractivity contribution in [3.05, 3.63) is 24.0 Å². The minimum absolute atomic E-state index is 0.0942. The Bertz CT molecular complexity index is 490. The fraction of sp³-hybridized carbons (Fsp3) is 0.600. The zero-order valence-corrected chi connectivity index (χ0v) is 11.9. The minimum atomic E-state index is -0.0942. The molecule has 3 heterocycles. The number of aromatic nitrogens is 1. The van der Waals surface area contributed by atoms with Gasteiger partial charge in [0.1, 0.15) is 0 Å². The van der Waals surface area contributed by atoms with Crippen molar-refractivity contribution in [2.45, 2.75) is 50.2 Å². The molecule has 0 radical (unpaired) electrons. The molecule has 108 valence electrons. The average molecular weight is 274 g/mol. The van der Waals surface area contributed by atoms with Crippen molar-refractivity contribution in [1.82, 2.24) is 15.2 Å². The molecule has 0 unspecified atom stereocenters. The predicted molar refractivity (Wildman–Crippen MR) is 78.3 cm³/mol. The van der Waals surface area contributed by atoms with E-state index in [1.54, 1.807) is 18.5 Å². The summed E-state index contributed by atoms with van der Waals surface area (Å²) in [4.78, 5) is 18.8. The van der Waals surface area contributed by atoms with Crippen LogP contribution in [0.5, 0.6) is 0 Å². The van der Waals surface area contributed by atoms with Crippen LogP contribution in [0.25, 0.3) is 0 Å². The van der Waals surface area contributed by atoms with Crippen molar-refractivity contribution in [1.29, 1.82) is 0 Å². The van der Waals surface area contributed by atoms with E-state index in [4.69, 9.17) is 5.73 Å². The maximum absolute atomic E-state index is 12.3. The van der Waals surface area contributed by atoms with Crippen molar-refractivity contribution < 1.29 is 4.79 Å². The minimum Gasteiger partial charge on any atom is -0.398 e. The fourth-order valence-corrected chi connectivity index (χ4v) is 3.59. The van der Waals surface area contributed by atoms with Crippen molar-refractivity contribution in [3.8, 4) is 0 Å². The van der Waals surface area contributed by atoms with Gasteiger partial charge < -0.3 is 16.0 Å². The summed E-state index contributed by atoms with van der Waals surface area (Å²) in [6, 6.07) is 3.14. The third kappa shape index (κ3) is 2.50. The lowest BCUT2D eigenvalue weighted by molar-refractivity contribution is 0.0463. The molecule has 5 nitrogen and oxygen atoms in total. The molecule has 1 aromatic rings. The van der Waals surface area contributed by atoms with Crippen LogP contribution < -0.4 is 11.1 Å². The number of nitrogens with two attached hydrogens (primary N) is 1. The van der Waals surface area contributed by atoms with Gasteiger partial charge in [-0.2, -0.15) is 0 Å². The molecule has 2 aliphatic heterocycles. The molecule has 5 heteroatoms. The number of pyridine rings is 1. The molecular weight excluding hydrogens is 252 g/mol. The number of amides is 1. The summed E-state index contributed by atoms with van der Waals surface area (Å²) < 4.78 is 0. The van der Waals surface area contributed by atoms with Gasteiger partial charge in [0.05, 0.1) is 5.56 Å². The molecule has 2 saturated heterocycles. The third-order valence-corrected chi connectivity index (χ3v) is 4.77. The summed E-state index contributed by atoms with van der Waals surface area (Å²) in [6.07, 6.45) is 9.03. The largest absolute Gasteiger partial charge is 0.398 e. The molecule has 0 aromatic carbocycles. The average Bonchev–Trinajstić information content (AvgIpc) is 2.40. The maximum Gasteiger partial charge on any atom is 0.255 e. The van der Waals surface area contributed by atoms with Gasteiger partial charge in [-0.25, -0.2) is 0 Å². The van der Waals surface area contributed by atoms with E-state index in [1.165, 1.54) is 19.3 Å². The first-order chi connectivity index (χ1) is 9.65. The standard InChI is InChI=1S/C15H22N4O/c1-19-11-3-2-4-12(19)8-10(7-11)18-15(20)13-9-17-6-5-14(13)16/h5-6,9-12H,2-4,7-8H2,1H3,(H2,16,17)(H,18,20)/t11-,12-/m0/s1. The Hall–Kier alpha value is -1.62. The topological polar surface area (TPSA) is 71.2 Å². The highest BCUT2D eigenvalue weighted by Crippen LogP contribution is 2.32. The van der Waals surface area contributed by atoms with Crippen LogP contribution in [-0.2, 0) is 0 Å². The Morgan fingerprint density at radius 2 is 2.10 bits per heavy atom. The third-order valence-electron chi connectivity index (χ3n) is 4.77. The summed E-state index contributed by atoms with van der Waals surface area (Å²) in [5.41, 5.74) is 6.81. The molecule has 2 bridgehead atoms. The number of anilines is 1. The van der Waals surface area contributed by atoms with Gasteiger partial charge in [-0.1, -0.05) is 6.42 Å². The van der Waals surface area contributed by atoms with Gasteiger partial charge in [0, 0.05) is 36.2 Å². The monoisotopic (exact) mass is 274 g/mol. The van der Waals surface area contributed by atoms with Crippen LogP contribution in [0.3, 0.4) is 0 Å². The highest BCUT2D eigenvalue weighted by atomic mass is 16.1. The zero-order chi connectivity index (χ0) is 14.1. The molecule has 1 aromatic heterocycles. The summed E-state index contributed by atoms with van der Waals surface area (Å²) >= 11 is 0. The Kier molecular flexibility index (Phi) is 3.61. The molecule has 0 saturated carbocycles. The SMILES string of the molecule is CN1[C@H]2CCC[C@H]1CC(NC(=O)c1cnccc1N)C2. The van der Waals surface area contributed by atoms with Gasteiger partial charge in [-0.3, -0.25) is 9.78 Å². The number of rotatable bonds is 2. The van der Waals surface area contributed by atoms with E-state index in [0.717, 1.165) is 12.8 Å². The first-order valence-corrected chi connectivity index (χ1v) is 7.37. The van der Waals surface area contributed by atoms with E-state index < -0.39 is 0 Å². The fourth-order valence-electron chi connectivity index (χ4n) is 3.59. The molecule has 20 heavy (non-hydrogen) atoms. The highest BCUT2D eigenvalue weighted by Gasteiger charge is 2.36. The highest BCUT2D eigenvalue weighted by molar-refractivity contribution is 5.98. The van der Waals surface area contributed by atoms with Crippen molar-refractivity contribution in [2.24, 2.45) is 0 Å². The molecule has 2 fully saturated rings. The number of hydrogen-bond donors (Lipinski definition) is 2. The van der Waals surface area contributed by atoms with E-state index in [2.05, 4.69) is 22.2 Å². The van der Waals surface area contributed by atoms with E-state index in [0.29, 0.717) is 23.3 Å². The van der Waals surface area contributed by atoms with E-state index in [1.807, 2.05) is 0 Å². The molecular formula is C15H22N4O. The molecule has 2 aliphatic rings. The number of nitrogens with one attached hydrogen (secondary N) is 1. The lowest BCUT2D eigenvalue weighted by Crippen LogP contribution is -2.55. The first-order valence-electron chi connectivity index (χ1n) is 7.37. The van der Waals surface area contributed by atoms with Crippen molar-refractivity contribution in [3.63, 3.8) is 0 Å². The number of fused-ring (bicyclic) bond motifs is 2. The van der Waals surface area contributed by atoms with Crippen LogP contribution in [0.15, 0.2) is 18.5 Å². The molecule has 0 aliphatic carbocycles. The molecule has 3 rings (SSSR count). The van der Waals surface area contributed by atoms with Crippen molar-refractivity contribution >= 4 is 11.6 Å². The van der Waals surface area contributed by atoms with Gasteiger partial charge in [0.2, 0.25) is 0 Å². The Morgan fingerprint density at radius 1 is 1.40 bits per heavy atom. The number of hydrogen-bond acceptors (Lipinski definition) is 4. The first kappa shape index (κ1) is 13.4. The summed E-state index contributed by atoms with van der Waals surface area (Å²) in [5.74, 6) is -0.0942. The quantitative estimate of drug-likeness (QED) is 0.855. The predicted octanol–water partition coefficient (Wildman–Crippen LogP) is 1.41. The van der Waals surface area contributed by atoms with Gasteiger partial charge in [-0.05, 0) is 38.8 Å². The molecule has 3 N–H and O–H groups in total. The number of carbonyl (C=O) groups is 1. The maximum atomic E-state index is 12.3.